The maximum Gasteiger partial charge on any atom is 0.241 e. The molecule has 3 aromatic rings. The first-order valence-corrected chi connectivity index (χ1v) is 24.3. The maximum atomic E-state index is 2.34. The minimum absolute atomic E-state index is 0.287. The molecule has 0 spiro atoms. The Labute approximate surface area is 350 Å². The Kier molecular flexibility index (Phi) is 28.2. The third-order valence-electron chi connectivity index (χ3n) is 12.6. The van der Waals surface area contributed by atoms with Crippen molar-refractivity contribution in [1.29, 1.82) is 0 Å². The lowest BCUT2D eigenvalue weighted by Crippen LogP contribution is -2.52. The van der Waals surface area contributed by atoms with Crippen molar-refractivity contribution in [3.8, 4) is 0 Å². The zero-order valence-electron chi connectivity index (χ0n) is 38.7. The van der Waals surface area contributed by atoms with E-state index in [-0.39, 0.29) is 6.71 Å². The molecular weight excluding hydrogens is 673 g/mol. The summed E-state index contributed by atoms with van der Waals surface area (Å²) >= 11 is 0. The second-order valence-corrected chi connectivity index (χ2v) is 17.9. The predicted octanol–water partition coefficient (Wildman–Crippen LogP) is 14.7. The van der Waals surface area contributed by atoms with E-state index in [2.05, 4.69) is 122 Å². The van der Waals surface area contributed by atoms with Crippen LogP contribution in [-0.4, -0.2) is 37.4 Å². The molecule has 0 saturated carbocycles. The van der Waals surface area contributed by atoms with Gasteiger partial charge in [0.05, 0.1) is 26.2 Å². The fourth-order valence-corrected chi connectivity index (χ4v) is 8.62. The molecule has 0 aliphatic rings. The van der Waals surface area contributed by atoms with Crippen molar-refractivity contribution in [2.24, 2.45) is 0 Å². The quantitative estimate of drug-likeness (QED) is 0.0348. The first kappa shape index (κ1) is 49.8. The number of aryl methyl sites for hydroxylation is 4. The summed E-state index contributed by atoms with van der Waals surface area (Å²) < 4.78 is 1.48. The van der Waals surface area contributed by atoms with E-state index in [9.17, 15) is 0 Å². The average molecular weight is 765 g/mol. The lowest BCUT2D eigenvalue weighted by atomic mass is 9.36. The van der Waals surface area contributed by atoms with Crippen LogP contribution in [0.4, 0.5) is 0 Å². The van der Waals surface area contributed by atoms with Gasteiger partial charge >= 0.3 is 0 Å². The van der Waals surface area contributed by atoms with Crippen LogP contribution in [0.5, 0.6) is 0 Å². The molecule has 0 unspecified atom stereocenters. The van der Waals surface area contributed by atoms with Crippen LogP contribution in [0.3, 0.4) is 0 Å². The predicted molar refractivity (Wildman–Crippen MR) is 256 cm³/mol. The molecule has 0 bridgehead atoms. The molecule has 314 valence electrons. The van der Waals surface area contributed by atoms with Gasteiger partial charge in [0.15, 0.2) is 0 Å². The number of benzene rings is 3. The number of rotatable bonds is 31. The molecule has 3 rings (SSSR count). The van der Waals surface area contributed by atoms with Gasteiger partial charge in [0.1, 0.15) is 0 Å². The van der Waals surface area contributed by atoms with Crippen molar-refractivity contribution in [2.45, 2.75) is 209 Å². The van der Waals surface area contributed by atoms with Gasteiger partial charge in [-0.2, -0.15) is 0 Å². The summed E-state index contributed by atoms with van der Waals surface area (Å²) in [5.74, 6) is 0. The van der Waals surface area contributed by atoms with E-state index in [0.717, 1.165) is 0 Å². The number of hydrogen-bond donors (Lipinski definition) is 0. The Morgan fingerprint density at radius 3 is 0.911 bits per heavy atom. The second kappa shape index (κ2) is 31.6. The molecule has 2 heteroatoms. The van der Waals surface area contributed by atoms with Crippen molar-refractivity contribution >= 4 is 23.1 Å². The van der Waals surface area contributed by atoms with Gasteiger partial charge in [-0.05, 0) is 90.2 Å². The van der Waals surface area contributed by atoms with Crippen LogP contribution in [0.2, 0.25) is 0 Å². The van der Waals surface area contributed by atoms with Crippen LogP contribution in [0.25, 0.3) is 0 Å². The fraction of sp³-hybridized carbons (Fsp3) is 0.667. The Morgan fingerprint density at radius 1 is 0.321 bits per heavy atom. The molecule has 0 atom stereocenters. The summed E-state index contributed by atoms with van der Waals surface area (Å²) in [5, 5.41) is 0. The van der Waals surface area contributed by atoms with Gasteiger partial charge < -0.3 is 4.48 Å². The molecule has 0 radical (unpaired) electrons. The SMILES string of the molecule is CCCCCCCC[N+](CCCCCCCC)(CCCCCCCC)CCCCCCCC.Cc1ccc(B(c2ccc(C)cc2)c2ccc(C)c(C)c2)cc1. The van der Waals surface area contributed by atoms with Crippen LogP contribution >= 0.6 is 0 Å². The van der Waals surface area contributed by atoms with Crippen molar-refractivity contribution in [2.75, 3.05) is 26.2 Å². The zero-order chi connectivity index (χ0) is 40.7. The molecule has 1 nitrogen and oxygen atoms in total. The summed E-state index contributed by atoms with van der Waals surface area (Å²) in [6.45, 7) is 24.2. The maximum absolute atomic E-state index is 2.34. The average Bonchev–Trinajstić information content (AvgIpc) is 3.20. The molecule has 0 amide bonds. The van der Waals surface area contributed by atoms with E-state index < -0.39 is 0 Å². The standard InChI is InChI=1S/C32H68N.C22H23B/c1-5-9-13-17-21-25-29-33(30-26-22-18-14-10-6-2,31-27-23-19-15-11-7-3)32-28-24-20-16-12-8-4;1-16-5-10-20(11-6-16)23(21-12-7-17(2)8-13-21)22-14-9-18(3)19(4)15-22/h5-32H2,1-4H3;5-15H,1-4H3/q+1;. The monoisotopic (exact) mass is 765 g/mol. The van der Waals surface area contributed by atoms with Crippen LogP contribution in [0.15, 0.2) is 66.7 Å². The van der Waals surface area contributed by atoms with E-state index in [4.69, 9.17) is 0 Å². The number of unbranched alkanes of at least 4 members (excludes halogenated alkanes) is 20. The van der Waals surface area contributed by atoms with Gasteiger partial charge in [-0.3, -0.25) is 0 Å². The highest BCUT2D eigenvalue weighted by atomic mass is 15.3. The molecule has 0 aliphatic heterocycles. The van der Waals surface area contributed by atoms with Gasteiger partial charge in [0.2, 0.25) is 6.71 Å². The van der Waals surface area contributed by atoms with E-state index in [1.165, 1.54) is 223 Å². The topological polar surface area (TPSA) is 0 Å². The normalized spacial score (nSPS) is 11.4. The van der Waals surface area contributed by atoms with Crippen molar-refractivity contribution < 1.29 is 4.48 Å². The molecule has 0 heterocycles. The Balaban J connectivity index is 0.000000408. The number of nitrogens with zero attached hydrogens (tertiary/aromatic N) is 1. The lowest BCUT2D eigenvalue weighted by Gasteiger charge is -2.40. The molecule has 56 heavy (non-hydrogen) atoms. The van der Waals surface area contributed by atoms with Gasteiger partial charge in [-0.15, -0.1) is 0 Å². The van der Waals surface area contributed by atoms with Crippen molar-refractivity contribution in [1.82, 2.24) is 0 Å². The Bertz CT molecular complexity index is 1230. The molecular formula is C54H91BN+. The molecule has 0 fully saturated rings. The van der Waals surface area contributed by atoms with Gasteiger partial charge in [0.25, 0.3) is 0 Å². The molecule has 0 N–H and O–H groups in total. The highest BCUT2D eigenvalue weighted by molar-refractivity contribution is 6.95. The summed E-state index contributed by atoms with van der Waals surface area (Å²) in [4.78, 5) is 0. The van der Waals surface area contributed by atoms with E-state index in [0.29, 0.717) is 0 Å². The van der Waals surface area contributed by atoms with Crippen LogP contribution in [0.1, 0.15) is 204 Å². The highest BCUT2D eigenvalue weighted by Gasteiger charge is 2.26. The summed E-state index contributed by atoms with van der Waals surface area (Å²) in [7, 11) is 0. The van der Waals surface area contributed by atoms with Crippen LogP contribution in [-0.2, 0) is 0 Å². The second-order valence-electron chi connectivity index (χ2n) is 17.9. The fourth-order valence-electron chi connectivity index (χ4n) is 8.62. The molecule has 0 saturated heterocycles. The van der Waals surface area contributed by atoms with Crippen molar-refractivity contribution in [3.05, 3.63) is 89.0 Å². The highest BCUT2D eigenvalue weighted by Crippen LogP contribution is 2.21. The lowest BCUT2D eigenvalue weighted by molar-refractivity contribution is -0.929. The molecule has 0 aliphatic carbocycles. The first-order valence-electron chi connectivity index (χ1n) is 24.3. The van der Waals surface area contributed by atoms with Crippen LogP contribution < -0.4 is 16.4 Å². The summed E-state index contributed by atoms with van der Waals surface area (Å²) in [6.07, 6.45) is 34.8. The van der Waals surface area contributed by atoms with E-state index in [1.807, 2.05) is 0 Å². The minimum atomic E-state index is 0.287. The minimum Gasteiger partial charge on any atom is -0.324 e. The molecule has 0 aromatic heterocycles. The van der Waals surface area contributed by atoms with Gasteiger partial charge in [-0.1, -0.05) is 225 Å². The number of hydrogen-bond acceptors (Lipinski definition) is 0. The smallest absolute Gasteiger partial charge is 0.241 e. The van der Waals surface area contributed by atoms with Crippen LogP contribution in [0, 0.1) is 27.7 Å². The Hall–Kier alpha value is -2.32. The Morgan fingerprint density at radius 2 is 0.607 bits per heavy atom. The van der Waals surface area contributed by atoms with Gasteiger partial charge in [-0.25, -0.2) is 0 Å². The third kappa shape index (κ3) is 21.4. The first-order chi connectivity index (χ1) is 27.3. The number of quaternary nitrogens is 1. The largest absolute Gasteiger partial charge is 0.324 e. The third-order valence-corrected chi connectivity index (χ3v) is 12.6. The zero-order valence-corrected chi connectivity index (χ0v) is 38.7. The summed E-state index contributed by atoms with van der Waals surface area (Å²) in [5.41, 5.74) is 9.37. The van der Waals surface area contributed by atoms with Crippen molar-refractivity contribution in [3.63, 3.8) is 0 Å². The summed E-state index contributed by atoms with van der Waals surface area (Å²) in [6, 6.07) is 24.7. The van der Waals surface area contributed by atoms with E-state index in [1.54, 1.807) is 0 Å². The van der Waals surface area contributed by atoms with Gasteiger partial charge in [0, 0.05) is 0 Å². The molecule has 3 aromatic carbocycles. The van der Waals surface area contributed by atoms with E-state index >= 15 is 0 Å².